The van der Waals surface area contributed by atoms with E-state index in [4.69, 9.17) is 4.74 Å². The second-order valence-corrected chi connectivity index (χ2v) is 9.16. The molecule has 1 aliphatic heterocycles. The highest BCUT2D eigenvalue weighted by molar-refractivity contribution is 7.89. The van der Waals surface area contributed by atoms with E-state index in [1.165, 1.54) is 16.4 Å². The first-order valence-electron chi connectivity index (χ1n) is 9.24. The van der Waals surface area contributed by atoms with Gasteiger partial charge in [-0.3, -0.25) is 15.2 Å². The number of aromatic amines is 1. The van der Waals surface area contributed by atoms with E-state index in [-0.39, 0.29) is 16.6 Å². The quantitative estimate of drug-likeness (QED) is 0.501. The zero-order chi connectivity index (χ0) is 20.6. The fourth-order valence-corrected chi connectivity index (χ4v) is 5.13. The standard InChI is InChI=1S/C19H20N4O5S/c1-13-3-2-8-22(12-13)29(26,27)16-6-7-19(18(10-16)23(24)25)28-15-5-4-14-11-20-21-17(14)9-15/h4-7,9-11,13H,2-3,8,12H2,1H3,(H,20,21)/t13-/m1/s1. The van der Waals surface area contributed by atoms with E-state index in [0.717, 1.165) is 29.8 Å². The number of piperidine rings is 1. The Kier molecular flexibility index (Phi) is 4.97. The molecule has 9 nitrogen and oxygen atoms in total. The van der Waals surface area contributed by atoms with Crippen molar-refractivity contribution >= 4 is 26.6 Å². The Hall–Kier alpha value is -2.98. The highest BCUT2D eigenvalue weighted by Gasteiger charge is 2.31. The number of ether oxygens (including phenoxy) is 1. The lowest BCUT2D eigenvalue weighted by atomic mass is 10.0. The molecule has 1 aromatic heterocycles. The van der Waals surface area contributed by atoms with Gasteiger partial charge in [-0.2, -0.15) is 9.40 Å². The number of hydrogen-bond donors (Lipinski definition) is 1. The first-order valence-corrected chi connectivity index (χ1v) is 10.7. The Morgan fingerprint density at radius 1 is 1.28 bits per heavy atom. The van der Waals surface area contributed by atoms with Crippen LogP contribution in [-0.4, -0.2) is 40.9 Å². The average Bonchev–Trinajstić information content (AvgIpc) is 3.16. The van der Waals surface area contributed by atoms with Crippen molar-refractivity contribution in [1.82, 2.24) is 14.5 Å². The van der Waals surface area contributed by atoms with E-state index < -0.39 is 20.6 Å². The molecule has 1 saturated heterocycles. The van der Waals surface area contributed by atoms with Crippen LogP contribution in [0.5, 0.6) is 11.5 Å². The Balaban J connectivity index is 1.67. The number of nitrogens with zero attached hydrogens (tertiary/aromatic N) is 3. The topological polar surface area (TPSA) is 118 Å². The van der Waals surface area contributed by atoms with Gasteiger partial charge in [0.25, 0.3) is 0 Å². The molecule has 10 heteroatoms. The third-order valence-electron chi connectivity index (χ3n) is 5.03. The molecule has 0 saturated carbocycles. The van der Waals surface area contributed by atoms with Gasteiger partial charge in [0, 0.05) is 30.6 Å². The van der Waals surface area contributed by atoms with Crippen molar-refractivity contribution in [2.24, 2.45) is 5.92 Å². The number of nitrogens with one attached hydrogen (secondary N) is 1. The van der Waals surface area contributed by atoms with Crippen molar-refractivity contribution < 1.29 is 18.1 Å². The second kappa shape index (κ2) is 7.45. The molecule has 1 aliphatic rings. The van der Waals surface area contributed by atoms with Crippen molar-refractivity contribution in [1.29, 1.82) is 0 Å². The molecule has 2 heterocycles. The Morgan fingerprint density at radius 2 is 2.10 bits per heavy atom. The van der Waals surface area contributed by atoms with Crippen LogP contribution in [-0.2, 0) is 10.0 Å². The zero-order valence-corrected chi connectivity index (χ0v) is 16.6. The summed E-state index contributed by atoms with van der Waals surface area (Å²) in [5.41, 5.74) is 0.324. The Bertz CT molecular complexity index is 1170. The number of rotatable bonds is 5. The van der Waals surface area contributed by atoms with Gasteiger partial charge < -0.3 is 4.74 Å². The number of fused-ring (bicyclic) bond motifs is 1. The number of aromatic nitrogens is 2. The highest BCUT2D eigenvalue weighted by atomic mass is 32.2. The predicted octanol–water partition coefficient (Wildman–Crippen LogP) is 3.68. The maximum Gasteiger partial charge on any atom is 0.312 e. The molecule has 1 atom stereocenters. The summed E-state index contributed by atoms with van der Waals surface area (Å²) in [6, 6.07) is 8.86. The fraction of sp³-hybridized carbons (Fsp3) is 0.316. The minimum atomic E-state index is -3.80. The molecule has 0 aliphatic carbocycles. The summed E-state index contributed by atoms with van der Waals surface area (Å²) in [5, 5.41) is 19.2. The third kappa shape index (κ3) is 3.81. The second-order valence-electron chi connectivity index (χ2n) is 7.22. The van der Waals surface area contributed by atoms with Gasteiger partial charge in [-0.05, 0) is 43.0 Å². The minimum Gasteiger partial charge on any atom is -0.450 e. The van der Waals surface area contributed by atoms with Gasteiger partial charge in [0.05, 0.1) is 21.5 Å². The molecule has 3 aromatic rings. The van der Waals surface area contributed by atoms with E-state index in [1.54, 1.807) is 24.4 Å². The number of H-pyrrole nitrogens is 1. The summed E-state index contributed by atoms with van der Waals surface area (Å²) in [4.78, 5) is 10.9. The van der Waals surface area contributed by atoms with Gasteiger partial charge in [0.1, 0.15) is 5.75 Å². The summed E-state index contributed by atoms with van der Waals surface area (Å²) in [6.07, 6.45) is 3.40. The summed E-state index contributed by atoms with van der Waals surface area (Å²) < 4.78 is 33.0. The van der Waals surface area contributed by atoms with Crippen LogP contribution >= 0.6 is 0 Å². The average molecular weight is 416 g/mol. The van der Waals surface area contributed by atoms with Gasteiger partial charge in [-0.1, -0.05) is 6.92 Å². The molecule has 1 fully saturated rings. The van der Waals surface area contributed by atoms with Crippen LogP contribution in [0.15, 0.2) is 47.5 Å². The summed E-state index contributed by atoms with van der Waals surface area (Å²) in [7, 11) is -3.80. The maximum absolute atomic E-state index is 12.9. The normalized spacial score (nSPS) is 18.0. The Labute approximate surface area is 167 Å². The number of benzene rings is 2. The van der Waals surface area contributed by atoms with Crippen LogP contribution in [0.1, 0.15) is 19.8 Å². The molecule has 152 valence electrons. The summed E-state index contributed by atoms with van der Waals surface area (Å²) in [6.45, 7) is 2.83. The molecular formula is C19H20N4O5S. The Morgan fingerprint density at radius 3 is 2.86 bits per heavy atom. The molecule has 0 spiro atoms. The lowest BCUT2D eigenvalue weighted by molar-refractivity contribution is -0.385. The lowest BCUT2D eigenvalue weighted by Gasteiger charge is -2.30. The smallest absolute Gasteiger partial charge is 0.312 e. The van der Waals surface area contributed by atoms with E-state index in [9.17, 15) is 18.5 Å². The van der Waals surface area contributed by atoms with Gasteiger partial charge in [0.2, 0.25) is 15.8 Å². The lowest BCUT2D eigenvalue weighted by Crippen LogP contribution is -2.39. The van der Waals surface area contributed by atoms with Crippen molar-refractivity contribution in [3.63, 3.8) is 0 Å². The minimum absolute atomic E-state index is 0.0279. The van der Waals surface area contributed by atoms with Crippen LogP contribution in [0.2, 0.25) is 0 Å². The van der Waals surface area contributed by atoms with Crippen LogP contribution in [0.4, 0.5) is 5.69 Å². The molecule has 0 bridgehead atoms. The molecule has 29 heavy (non-hydrogen) atoms. The summed E-state index contributed by atoms with van der Waals surface area (Å²) in [5.74, 6) is 0.610. The molecular weight excluding hydrogens is 396 g/mol. The zero-order valence-electron chi connectivity index (χ0n) is 15.7. The molecule has 0 unspecified atom stereocenters. The maximum atomic E-state index is 12.9. The van der Waals surface area contributed by atoms with Crippen LogP contribution < -0.4 is 4.74 Å². The molecule has 0 amide bonds. The van der Waals surface area contributed by atoms with Gasteiger partial charge in [0.15, 0.2) is 0 Å². The van der Waals surface area contributed by atoms with Crippen molar-refractivity contribution in [2.75, 3.05) is 13.1 Å². The molecule has 4 rings (SSSR count). The molecule has 2 aromatic carbocycles. The molecule has 0 radical (unpaired) electrons. The number of nitro benzene ring substituents is 1. The van der Waals surface area contributed by atoms with Crippen LogP contribution in [0.25, 0.3) is 10.9 Å². The fourth-order valence-electron chi connectivity index (χ4n) is 3.51. The first kappa shape index (κ1) is 19.3. The van der Waals surface area contributed by atoms with Gasteiger partial charge in [-0.25, -0.2) is 8.42 Å². The van der Waals surface area contributed by atoms with Crippen molar-refractivity contribution in [2.45, 2.75) is 24.7 Å². The van der Waals surface area contributed by atoms with E-state index in [2.05, 4.69) is 10.2 Å². The van der Waals surface area contributed by atoms with Gasteiger partial charge in [-0.15, -0.1) is 0 Å². The van der Waals surface area contributed by atoms with E-state index in [0.29, 0.717) is 18.8 Å². The van der Waals surface area contributed by atoms with Crippen molar-refractivity contribution in [3.8, 4) is 11.5 Å². The third-order valence-corrected chi connectivity index (χ3v) is 6.89. The van der Waals surface area contributed by atoms with Gasteiger partial charge >= 0.3 is 5.69 Å². The number of sulfonamides is 1. The molecule has 1 N–H and O–H groups in total. The highest BCUT2D eigenvalue weighted by Crippen LogP contribution is 2.35. The van der Waals surface area contributed by atoms with Crippen molar-refractivity contribution in [3.05, 3.63) is 52.7 Å². The predicted molar refractivity (Wildman–Crippen MR) is 106 cm³/mol. The number of hydrogen-bond acceptors (Lipinski definition) is 6. The van der Waals surface area contributed by atoms with Crippen LogP contribution in [0.3, 0.4) is 0 Å². The number of nitro groups is 1. The largest absolute Gasteiger partial charge is 0.450 e. The van der Waals surface area contributed by atoms with E-state index in [1.807, 2.05) is 6.92 Å². The monoisotopic (exact) mass is 416 g/mol. The first-order chi connectivity index (χ1) is 13.8. The SMILES string of the molecule is C[C@@H]1CCCN(S(=O)(=O)c2ccc(Oc3ccc4cn[nH]c4c3)c([N+](=O)[O-])c2)C1. The summed E-state index contributed by atoms with van der Waals surface area (Å²) >= 11 is 0. The van der Waals surface area contributed by atoms with Crippen LogP contribution in [0, 0.1) is 16.0 Å². The van der Waals surface area contributed by atoms with E-state index >= 15 is 0 Å².